The molecule has 134 valence electrons. The summed E-state index contributed by atoms with van der Waals surface area (Å²) in [6.07, 6.45) is 2.92. The van der Waals surface area contributed by atoms with E-state index in [1.54, 1.807) is 11.0 Å². The quantitative estimate of drug-likeness (QED) is 0.828. The third kappa shape index (κ3) is 4.56. The standard InChI is InChI=1S/C17H24F2N2O3/c1-20-9-6-12-7-10-21(11-8-12)16(22)13-4-3-5-14(23-2)15(13)24-17(18)19/h3-5,12,17,20H,6-11H2,1-2H3. The van der Waals surface area contributed by atoms with E-state index in [2.05, 4.69) is 10.1 Å². The van der Waals surface area contributed by atoms with E-state index in [-0.39, 0.29) is 23.0 Å². The van der Waals surface area contributed by atoms with Crippen LogP contribution in [-0.4, -0.2) is 51.2 Å². The van der Waals surface area contributed by atoms with E-state index in [1.165, 1.54) is 19.2 Å². The average Bonchev–Trinajstić information content (AvgIpc) is 2.59. The molecule has 7 heteroatoms. The summed E-state index contributed by atoms with van der Waals surface area (Å²) in [6.45, 7) is -0.807. The van der Waals surface area contributed by atoms with E-state index in [4.69, 9.17) is 4.74 Å². The van der Waals surface area contributed by atoms with Crippen LogP contribution in [0.15, 0.2) is 18.2 Å². The van der Waals surface area contributed by atoms with Gasteiger partial charge in [0, 0.05) is 13.1 Å². The lowest BCUT2D eigenvalue weighted by molar-refractivity contribution is -0.0516. The number of halogens is 2. The second kappa shape index (κ2) is 8.82. The minimum Gasteiger partial charge on any atom is -0.493 e. The van der Waals surface area contributed by atoms with Crippen molar-refractivity contribution in [3.05, 3.63) is 23.8 Å². The number of methoxy groups -OCH3 is 1. The molecule has 1 fully saturated rings. The van der Waals surface area contributed by atoms with Crippen molar-refractivity contribution in [2.75, 3.05) is 33.8 Å². The van der Waals surface area contributed by atoms with Crippen LogP contribution in [-0.2, 0) is 0 Å². The highest BCUT2D eigenvalue weighted by molar-refractivity contribution is 5.97. The van der Waals surface area contributed by atoms with Gasteiger partial charge in [0.15, 0.2) is 11.5 Å². The van der Waals surface area contributed by atoms with E-state index in [1.807, 2.05) is 7.05 Å². The first kappa shape index (κ1) is 18.4. The molecule has 0 aliphatic carbocycles. The molecule has 1 aromatic carbocycles. The maximum absolute atomic E-state index is 12.7. The molecule has 0 aromatic heterocycles. The van der Waals surface area contributed by atoms with E-state index in [9.17, 15) is 13.6 Å². The van der Waals surface area contributed by atoms with E-state index in [0.29, 0.717) is 19.0 Å². The second-order valence-electron chi connectivity index (χ2n) is 5.84. The predicted octanol–water partition coefficient (Wildman–Crippen LogP) is 2.76. The van der Waals surface area contributed by atoms with Crippen LogP contribution in [0.3, 0.4) is 0 Å². The van der Waals surface area contributed by atoms with Crippen LogP contribution in [0.2, 0.25) is 0 Å². The van der Waals surface area contributed by atoms with Crippen molar-refractivity contribution in [2.24, 2.45) is 5.92 Å². The molecule has 0 unspecified atom stereocenters. The zero-order valence-corrected chi connectivity index (χ0v) is 14.1. The molecule has 0 radical (unpaired) electrons. The summed E-state index contributed by atoms with van der Waals surface area (Å²) >= 11 is 0. The van der Waals surface area contributed by atoms with Crippen LogP contribution in [0.5, 0.6) is 11.5 Å². The Hall–Kier alpha value is -1.89. The summed E-state index contributed by atoms with van der Waals surface area (Å²) in [5.74, 6) is 0.225. The van der Waals surface area contributed by atoms with Gasteiger partial charge >= 0.3 is 6.61 Å². The molecule has 1 heterocycles. The van der Waals surface area contributed by atoms with Crippen LogP contribution < -0.4 is 14.8 Å². The number of nitrogens with one attached hydrogen (secondary N) is 1. The van der Waals surface area contributed by atoms with E-state index in [0.717, 1.165) is 25.8 Å². The maximum Gasteiger partial charge on any atom is 0.387 e. The smallest absolute Gasteiger partial charge is 0.387 e. The number of alkyl halides is 2. The molecule has 5 nitrogen and oxygen atoms in total. The minimum atomic E-state index is -3.01. The highest BCUT2D eigenvalue weighted by atomic mass is 19.3. The van der Waals surface area contributed by atoms with Crippen LogP contribution in [0.25, 0.3) is 0 Å². The van der Waals surface area contributed by atoms with Crippen molar-refractivity contribution < 1.29 is 23.0 Å². The fourth-order valence-corrected chi connectivity index (χ4v) is 3.00. The molecular weight excluding hydrogens is 318 g/mol. The molecular formula is C17H24F2N2O3. The molecule has 0 spiro atoms. The third-order valence-corrected chi connectivity index (χ3v) is 4.34. The Kier molecular flexibility index (Phi) is 6.78. The predicted molar refractivity (Wildman–Crippen MR) is 86.8 cm³/mol. The minimum absolute atomic E-state index is 0.114. The van der Waals surface area contributed by atoms with Gasteiger partial charge in [0.1, 0.15) is 0 Å². The molecule has 2 rings (SSSR count). The first-order valence-corrected chi connectivity index (χ1v) is 8.12. The molecule has 1 aromatic rings. The van der Waals surface area contributed by atoms with Gasteiger partial charge in [-0.05, 0) is 50.9 Å². The van der Waals surface area contributed by atoms with Crippen molar-refractivity contribution in [1.29, 1.82) is 0 Å². The summed E-state index contributed by atoms with van der Waals surface area (Å²) in [6, 6.07) is 4.60. The van der Waals surface area contributed by atoms with Gasteiger partial charge in [0.25, 0.3) is 5.91 Å². The van der Waals surface area contributed by atoms with Crippen LogP contribution >= 0.6 is 0 Å². The Balaban J connectivity index is 2.10. The number of nitrogens with zero attached hydrogens (tertiary/aromatic N) is 1. The molecule has 1 saturated heterocycles. The lowest BCUT2D eigenvalue weighted by Crippen LogP contribution is -2.39. The molecule has 24 heavy (non-hydrogen) atoms. The van der Waals surface area contributed by atoms with Gasteiger partial charge < -0.3 is 19.7 Å². The SMILES string of the molecule is CNCCC1CCN(C(=O)c2cccc(OC)c2OC(F)F)CC1. The molecule has 0 atom stereocenters. The molecule has 1 N–H and O–H groups in total. The fraction of sp³-hybridized carbons (Fsp3) is 0.588. The average molecular weight is 342 g/mol. The van der Waals surface area contributed by atoms with Crippen molar-refractivity contribution >= 4 is 5.91 Å². The van der Waals surface area contributed by atoms with Gasteiger partial charge in [0.05, 0.1) is 12.7 Å². The fourth-order valence-electron chi connectivity index (χ4n) is 3.00. The van der Waals surface area contributed by atoms with Crippen LogP contribution in [0.1, 0.15) is 29.6 Å². The van der Waals surface area contributed by atoms with Gasteiger partial charge in [-0.2, -0.15) is 8.78 Å². The second-order valence-corrected chi connectivity index (χ2v) is 5.84. The Morgan fingerprint density at radius 3 is 2.67 bits per heavy atom. The number of rotatable bonds is 7. The van der Waals surface area contributed by atoms with Gasteiger partial charge in [-0.3, -0.25) is 4.79 Å². The Labute approximate surface area is 140 Å². The van der Waals surface area contributed by atoms with Crippen LogP contribution in [0, 0.1) is 5.92 Å². The third-order valence-electron chi connectivity index (χ3n) is 4.34. The normalized spacial score (nSPS) is 15.6. The summed E-state index contributed by atoms with van der Waals surface area (Å²) in [5, 5.41) is 3.13. The molecule has 0 bridgehead atoms. The van der Waals surface area contributed by atoms with Crippen molar-refractivity contribution in [1.82, 2.24) is 10.2 Å². The largest absolute Gasteiger partial charge is 0.493 e. The number of benzene rings is 1. The van der Waals surface area contributed by atoms with Crippen molar-refractivity contribution in [2.45, 2.75) is 25.9 Å². The van der Waals surface area contributed by atoms with Gasteiger partial charge in [-0.15, -0.1) is 0 Å². The summed E-state index contributed by atoms with van der Waals surface area (Å²) < 4.78 is 35.0. The Bertz CT molecular complexity index is 547. The number of hydrogen-bond donors (Lipinski definition) is 1. The zero-order chi connectivity index (χ0) is 17.5. The summed E-state index contributed by atoms with van der Waals surface area (Å²) in [5.41, 5.74) is 0.114. The number of amides is 1. The number of carbonyl (C=O) groups excluding carboxylic acids is 1. The van der Waals surface area contributed by atoms with Crippen molar-refractivity contribution in [3.63, 3.8) is 0 Å². The summed E-state index contributed by atoms with van der Waals surface area (Å²) in [4.78, 5) is 14.4. The van der Waals surface area contributed by atoms with Gasteiger partial charge in [-0.1, -0.05) is 6.07 Å². The molecule has 0 saturated carbocycles. The maximum atomic E-state index is 12.7. The lowest BCUT2D eigenvalue weighted by Gasteiger charge is -2.32. The number of likely N-dealkylation sites (tertiary alicyclic amines) is 1. The Morgan fingerprint density at radius 1 is 1.38 bits per heavy atom. The highest BCUT2D eigenvalue weighted by Gasteiger charge is 2.27. The lowest BCUT2D eigenvalue weighted by atomic mass is 9.93. The van der Waals surface area contributed by atoms with Gasteiger partial charge in [-0.25, -0.2) is 0 Å². The number of ether oxygens (including phenoxy) is 2. The van der Waals surface area contributed by atoms with Crippen LogP contribution in [0.4, 0.5) is 8.78 Å². The first-order chi connectivity index (χ1) is 11.6. The number of hydrogen-bond acceptors (Lipinski definition) is 4. The monoisotopic (exact) mass is 342 g/mol. The zero-order valence-electron chi connectivity index (χ0n) is 14.1. The van der Waals surface area contributed by atoms with Gasteiger partial charge in [0.2, 0.25) is 0 Å². The molecule has 1 aliphatic rings. The topological polar surface area (TPSA) is 50.8 Å². The number of para-hydroxylation sites is 1. The number of carbonyl (C=O) groups is 1. The molecule has 1 aliphatic heterocycles. The van der Waals surface area contributed by atoms with Crippen molar-refractivity contribution in [3.8, 4) is 11.5 Å². The van der Waals surface area contributed by atoms with E-state index < -0.39 is 6.61 Å². The highest BCUT2D eigenvalue weighted by Crippen LogP contribution is 2.34. The molecule has 1 amide bonds. The Morgan fingerprint density at radius 2 is 2.08 bits per heavy atom. The summed E-state index contributed by atoms with van der Waals surface area (Å²) in [7, 11) is 3.28. The number of piperidine rings is 1. The van der Waals surface area contributed by atoms with E-state index >= 15 is 0 Å². The first-order valence-electron chi connectivity index (χ1n) is 8.12.